The molecule has 0 fully saturated rings. The lowest BCUT2D eigenvalue weighted by molar-refractivity contribution is 0.0597. The molecule has 0 amide bonds. The third-order valence-electron chi connectivity index (χ3n) is 0.975. The van der Waals surface area contributed by atoms with Crippen molar-refractivity contribution in [1.82, 2.24) is 0 Å². The number of isocyanates is 2. The predicted molar refractivity (Wildman–Crippen MR) is 43.3 cm³/mol. The molecule has 0 saturated heterocycles. The van der Waals surface area contributed by atoms with Crippen molar-refractivity contribution in [3.63, 3.8) is 0 Å². The molecule has 0 aromatic carbocycles. The highest BCUT2D eigenvalue weighted by Crippen LogP contribution is 1.85. The van der Waals surface area contributed by atoms with Gasteiger partial charge in [0.05, 0.1) is 13.1 Å². The van der Waals surface area contributed by atoms with Gasteiger partial charge in [0.2, 0.25) is 12.2 Å². The topological polar surface area (TPSA) is 94.4 Å². The summed E-state index contributed by atoms with van der Waals surface area (Å²) in [5, 5.41) is 0. The summed E-state index contributed by atoms with van der Waals surface area (Å²) in [4.78, 5) is 36.1. The van der Waals surface area contributed by atoms with Crippen molar-refractivity contribution < 1.29 is 23.9 Å². The molecule has 0 atom stereocenters. The van der Waals surface area contributed by atoms with Crippen molar-refractivity contribution in [2.75, 3.05) is 26.3 Å². The molecule has 0 unspecified atom stereocenters. The van der Waals surface area contributed by atoms with Gasteiger partial charge in [-0.05, 0) is 0 Å². The summed E-state index contributed by atoms with van der Waals surface area (Å²) >= 11 is 0. The van der Waals surface area contributed by atoms with Crippen molar-refractivity contribution in [3.8, 4) is 0 Å². The normalized spacial score (nSPS) is 8.00. The summed E-state index contributed by atoms with van der Waals surface area (Å²) < 4.78 is 8.90. The van der Waals surface area contributed by atoms with Crippen molar-refractivity contribution in [2.45, 2.75) is 0 Å². The first-order valence-electron chi connectivity index (χ1n) is 3.68. The summed E-state index contributed by atoms with van der Waals surface area (Å²) in [6, 6.07) is 0. The van der Waals surface area contributed by atoms with Gasteiger partial charge in [-0.1, -0.05) is 0 Å². The van der Waals surface area contributed by atoms with Gasteiger partial charge in [-0.15, -0.1) is 0 Å². The lowest BCUT2D eigenvalue weighted by atomic mass is 10.7. The Morgan fingerprint density at radius 1 is 1.00 bits per heavy atom. The zero-order valence-electron chi connectivity index (χ0n) is 7.26. The van der Waals surface area contributed by atoms with Crippen LogP contribution in [0.1, 0.15) is 0 Å². The minimum atomic E-state index is -0.896. The maximum absolute atomic E-state index is 10.6. The second kappa shape index (κ2) is 9.12. The molecule has 7 heteroatoms. The van der Waals surface area contributed by atoms with Gasteiger partial charge in [0.15, 0.2) is 0 Å². The van der Waals surface area contributed by atoms with E-state index in [0.29, 0.717) is 0 Å². The molecule has 0 aliphatic carbocycles. The van der Waals surface area contributed by atoms with Gasteiger partial charge < -0.3 is 9.47 Å². The molecule has 0 aliphatic rings. The number of hydrogen-bond acceptors (Lipinski definition) is 7. The van der Waals surface area contributed by atoms with E-state index in [0.717, 1.165) is 0 Å². The first-order valence-corrected chi connectivity index (χ1v) is 3.68. The number of nitrogens with zero attached hydrogens (tertiary/aromatic N) is 2. The zero-order chi connectivity index (χ0) is 10.6. The molecule has 0 N–H and O–H groups in total. The average molecular weight is 200 g/mol. The Labute approximate surface area is 79.4 Å². The number of carbonyl (C=O) groups excluding carboxylic acids is 3. The SMILES string of the molecule is O=C=NCCOC(=O)OCCN=C=O. The summed E-state index contributed by atoms with van der Waals surface area (Å²) in [6.45, 7) is -0.00771. The highest BCUT2D eigenvalue weighted by Gasteiger charge is 2.01. The van der Waals surface area contributed by atoms with Crippen LogP contribution in [0.3, 0.4) is 0 Å². The number of ether oxygens (including phenoxy) is 2. The van der Waals surface area contributed by atoms with Crippen LogP contribution >= 0.6 is 0 Å². The summed E-state index contributed by atoms with van der Waals surface area (Å²) in [7, 11) is 0. The van der Waals surface area contributed by atoms with Crippen molar-refractivity contribution in [2.24, 2.45) is 9.98 Å². The molecule has 0 radical (unpaired) electrons. The molecule has 0 aromatic heterocycles. The summed E-state index contributed by atoms with van der Waals surface area (Å²) in [5.74, 6) is 0. The van der Waals surface area contributed by atoms with E-state index >= 15 is 0 Å². The Morgan fingerprint density at radius 3 is 1.79 bits per heavy atom. The molecular formula is C7H8N2O5. The molecule has 0 heterocycles. The van der Waals surface area contributed by atoms with Crippen LogP contribution in [0.25, 0.3) is 0 Å². The lowest BCUT2D eigenvalue weighted by Gasteiger charge is -2.01. The second-order valence-corrected chi connectivity index (χ2v) is 1.89. The van der Waals surface area contributed by atoms with E-state index in [1.54, 1.807) is 0 Å². The standard InChI is InChI=1S/C7H8N2O5/c10-5-8-1-3-13-7(12)14-4-2-9-6-11/h1-4H2. The monoisotopic (exact) mass is 200 g/mol. The van der Waals surface area contributed by atoms with Gasteiger partial charge >= 0.3 is 6.16 Å². The number of carbonyl (C=O) groups is 1. The van der Waals surface area contributed by atoms with Gasteiger partial charge in [0, 0.05) is 0 Å². The van der Waals surface area contributed by atoms with Gasteiger partial charge in [0.1, 0.15) is 13.2 Å². The Bertz CT molecular complexity index is 239. The number of aliphatic imine (C=N–C) groups is 2. The van der Waals surface area contributed by atoms with E-state index in [2.05, 4.69) is 19.5 Å². The molecule has 0 bridgehead atoms. The van der Waals surface area contributed by atoms with Gasteiger partial charge in [-0.3, -0.25) is 0 Å². The van der Waals surface area contributed by atoms with Crippen LogP contribution in [-0.2, 0) is 19.1 Å². The summed E-state index contributed by atoms with van der Waals surface area (Å²) in [5.41, 5.74) is 0. The van der Waals surface area contributed by atoms with E-state index in [4.69, 9.17) is 0 Å². The summed E-state index contributed by atoms with van der Waals surface area (Å²) in [6.07, 6.45) is 1.68. The molecule has 0 aromatic rings. The average Bonchev–Trinajstić information content (AvgIpc) is 2.19. The predicted octanol–water partition coefficient (Wildman–Crippen LogP) is -0.189. The molecule has 7 nitrogen and oxygen atoms in total. The molecule has 14 heavy (non-hydrogen) atoms. The lowest BCUT2D eigenvalue weighted by Crippen LogP contribution is -2.11. The molecule has 0 saturated carbocycles. The van der Waals surface area contributed by atoms with E-state index in [-0.39, 0.29) is 26.3 Å². The van der Waals surface area contributed by atoms with Gasteiger partial charge in [-0.25, -0.2) is 24.4 Å². The Hall–Kier alpha value is -1.97. The first kappa shape index (κ1) is 12.0. The maximum Gasteiger partial charge on any atom is 0.508 e. The van der Waals surface area contributed by atoms with Crippen LogP contribution in [0.4, 0.5) is 4.79 Å². The highest BCUT2D eigenvalue weighted by molar-refractivity contribution is 5.59. The number of hydrogen-bond donors (Lipinski definition) is 0. The third kappa shape index (κ3) is 8.13. The van der Waals surface area contributed by atoms with Crippen LogP contribution in [0.15, 0.2) is 9.98 Å². The highest BCUT2D eigenvalue weighted by atomic mass is 16.7. The first-order chi connectivity index (χ1) is 6.81. The zero-order valence-corrected chi connectivity index (χ0v) is 7.26. The van der Waals surface area contributed by atoms with E-state index in [1.807, 2.05) is 0 Å². The second-order valence-electron chi connectivity index (χ2n) is 1.89. The smallest absolute Gasteiger partial charge is 0.432 e. The van der Waals surface area contributed by atoms with Crippen LogP contribution in [-0.4, -0.2) is 44.6 Å². The molecule has 0 aliphatic heterocycles. The Kier molecular flexibility index (Phi) is 7.84. The molecule has 0 rings (SSSR count). The quantitative estimate of drug-likeness (QED) is 0.256. The van der Waals surface area contributed by atoms with Crippen LogP contribution < -0.4 is 0 Å². The van der Waals surface area contributed by atoms with Gasteiger partial charge in [-0.2, -0.15) is 0 Å². The van der Waals surface area contributed by atoms with Crippen LogP contribution in [0.5, 0.6) is 0 Å². The maximum atomic E-state index is 10.6. The minimum absolute atomic E-state index is 0.0467. The third-order valence-corrected chi connectivity index (χ3v) is 0.975. The van der Waals surface area contributed by atoms with E-state index < -0.39 is 6.16 Å². The van der Waals surface area contributed by atoms with E-state index in [9.17, 15) is 14.4 Å². The van der Waals surface area contributed by atoms with E-state index in [1.165, 1.54) is 12.2 Å². The van der Waals surface area contributed by atoms with Crippen molar-refractivity contribution in [1.29, 1.82) is 0 Å². The van der Waals surface area contributed by atoms with Crippen molar-refractivity contribution >= 4 is 18.3 Å². The van der Waals surface area contributed by atoms with Crippen LogP contribution in [0, 0.1) is 0 Å². The van der Waals surface area contributed by atoms with Crippen molar-refractivity contribution in [3.05, 3.63) is 0 Å². The fraction of sp³-hybridized carbons (Fsp3) is 0.571. The largest absolute Gasteiger partial charge is 0.508 e. The fourth-order valence-electron chi connectivity index (χ4n) is 0.482. The fourth-order valence-corrected chi connectivity index (χ4v) is 0.482. The van der Waals surface area contributed by atoms with Crippen LogP contribution in [0.2, 0.25) is 0 Å². The molecular weight excluding hydrogens is 192 g/mol. The number of rotatable bonds is 6. The van der Waals surface area contributed by atoms with Gasteiger partial charge in [0.25, 0.3) is 0 Å². The minimum Gasteiger partial charge on any atom is -0.432 e. The Balaban J connectivity index is 3.36. The molecule has 76 valence electrons. The molecule has 0 spiro atoms. The Morgan fingerprint density at radius 2 is 1.43 bits per heavy atom.